The van der Waals surface area contributed by atoms with Gasteiger partial charge in [-0.25, -0.2) is 0 Å². The zero-order valence-electron chi connectivity index (χ0n) is 21.9. The van der Waals surface area contributed by atoms with Crippen LogP contribution in [0.4, 0.5) is 5.69 Å². The average molecular weight is 532 g/mol. The van der Waals surface area contributed by atoms with Crippen LogP contribution in [0.25, 0.3) is 11.0 Å². The van der Waals surface area contributed by atoms with E-state index in [4.69, 9.17) is 13.9 Å². The van der Waals surface area contributed by atoms with Crippen molar-refractivity contribution in [1.29, 1.82) is 0 Å². The topological polar surface area (TPSA) is 121 Å². The number of fused-ring (bicyclic) bond motifs is 5. The average Bonchev–Trinajstić information content (AvgIpc) is 3.58. The van der Waals surface area contributed by atoms with Gasteiger partial charge in [-0.05, 0) is 69.6 Å². The van der Waals surface area contributed by atoms with Gasteiger partial charge in [0.2, 0.25) is 5.43 Å². The number of nitrogens with one attached hydrogen (secondary N) is 1. The number of anilines is 1. The number of aliphatic hydroxyl groups is 2. The van der Waals surface area contributed by atoms with Crippen molar-refractivity contribution in [1.82, 2.24) is 0 Å². The molecule has 0 saturated heterocycles. The van der Waals surface area contributed by atoms with E-state index in [2.05, 4.69) is 5.48 Å². The van der Waals surface area contributed by atoms with E-state index in [0.717, 1.165) is 49.7 Å². The fraction of sp³-hybridized carbons (Fsp3) is 0.452. The SMILES string of the molecule is C[C@]1(O)CCC[C@H]2c3c(cc4oc5c(c(=O)c4c3OC3CCCC3)[C@H](c3ccc(NO)cc3)C=C[C@@H]5O)O[C@@H]21. The summed E-state index contributed by atoms with van der Waals surface area (Å²) >= 11 is 0. The first kappa shape index (κ1) is 24.7. The van der Waals surface area contributed by atoms with Crippen LogP contribution in [0.3, 0.4) is 0 Å². The van der Waals surface area contributed by atoms with E-state index in [1.807, 2.05) is 25.1 Å². The van der Waals surface area contributed by atoms with Crippen LogP contribution >= 0.6 is 0 Å². The largest absolute Gasteiger partial charge is 0.489 e. The Kier molecular flexibility index (Phi) is 5.77. The lowest BCUT2D eigenvalue weighted by Gasteiger charge is -2.37. The van der Waals surface area contributed by atoms with Gasteiger partial charge in [-0.1, -0.05) is 24.3 Å². The van der Waals surface area contributed by atoms with Gasteiger partial charge in [0.25, 0.3) is 0 Å². The maximum atomic E-state index is 14.5. The molecule has 0 unspecified atom stereocenters. The fourth-order valence-corrected chi connectivity index (χ4v) is 7.09. The first-order chi connectivity index (χ1) is 18.9. The summed E-state index contributed by atoms with van der Waals surface area (Å²) in [6, 6.07) is 8.86. The third kappa shape index (κ3) is 3.88. The Morgan fingerprint density at radius 1 is 1.05 bits per heavy atom. The van der Waals surface area contributed by atoms with Gasteiger partial charge in [-0.15, -0.1) is 0 Å². The smallest absolute Gasteiger partial charge is 0.200 e. The molecule has 5 atom stereocenters. The minimum absolute atomic E-state index is 0.00177. The minimum atomic E-state index is -1.07. The Morgan fingerprint density at radius 2 is 1.82 bits per heavy atom. The van der Waals surface area contributed by atoms with Crippen LogP contribution in [0.5, 0.6) is 11.5 Å². The zero-order chi connectivity index (χ0) is 26.9. The second-order valence-electron chi connectivity index (χ2n) is 11.7. The summed E-state index contributed by atoms with van der Waals surface area (Å²) in [6.07, 6.45) is 8.30. The molecular formula is C31H33NO7. The zero-order valence-corrected chi connectivity index (χ0v) is 21.9. The van der Waals surface area contributed by atoms with Crippen molar-refractivity contribution in [2.75, 3.05) is 5.48 Å². The molecule has 4 aliphatic rings. The van der Waals surface area contributed by atoms with E-state index in [1.165, 1.54) is 0 Å². The number of aliphatic hydroxyl groups excluding tert-OH is 1. The van der Waals surface area contributed by atoms with Gasteiger partial charge in [0.15, 0.2) is 0 Å². The van der Waals surface area contributed by atoms with E-state index in [0.29, 0.717) is 40.1 Å². The van der Waals surface area contributed by atoms with Gasteiger partial charge in [-0.2, -0.15) is 0 Å². The highest BCUT2D eigenvalue weighted by molar-refractivity contribution is 5.89. The Hall–Kier alpha value is -3.33. The second kappa shape index (κ2) is 9.11. The highest BCUT2D eigenvalue weighted by atomic mass is 16.5. The normalized spacial score (nSPS) is 29.5. The molecule has 8 heteroatoms. The van der Waals surface area contributed by atoms with Gasteiger partial charge < -0.3 is 24.1 Å². The lowest BCUT2D eigenvalue weighted by atomic mass is 9.74. The van der Waals surface area contributed by atoms with Crippen molar-refractivity contribution in [3.8, 4) is 11.5 Å². The Morgan fingerprint density at radius 3 is 2.56 bits per heavy atom. The molecule has 2 fully saturated rings. The summed E-state index contributed by atoms with van der Waals surface area (Å²) in [7, 11) is 0. The molecule has 0 amide bonds. The number of benzene rings is 2. The van der Waals surface area contributed by atoms with Crippen LogP contribution < -0.4 is 20.4 Å². The molecule has 0 bridgehead atoms. The Bertz CT molecular complexity index is 1520. The number of hydrogen-bond donors (Lipinski definition) is 4. The van der Waals surface area contributed by atoms with Crippen molar-refractivity contribution in [3.05, 3.63) is 75.2 Å². The Balaban J connectivity index is 1.46. The molecule has 3 aromatic rings. The Labute approximate surface area is 225 Å². The third-order valence-corrected chi connectivity index (χ3v) is 9.06. The highest BCUT2D eigenvalue weighted by Crippen LogP contribution is 2.55. The number of hydrogen-bond acceptors (Lipinski definition) is 8. The van der Waals surface area contributed by atoms with E-state index in [-0.39, 0.29) is 23.2 Å². The molecule has 4 N–H and O–H groups in total. The predicted molar refractivity (Wildman–Crippen MR) is 145 cm³/mol. The first-order valence-corrected chi connectivity index (χ1v) is 14.0. The molecule has 2 heterocycles. The molecule has 0 spiro atoms. The molecule has 8 nitrogen and oxygen atoms in total. The third-order valence-electron chi connectivity index (χ3n) is 9.06. The molecule has 7 rings (SSSR count). The first-order valence-electron chi connectivity index (χ1n) is 14.0. The van der Waals surface area contributed by atoms with Gasteiger partial charge in [0.1, 0.15) is 40.4 Å². The number of ether oxygens (including phenoxy) is 2. The monoisotopic (exact) mass is 531 g/mol. The summed E-state index contributed by atoms with van der Waals surface area (Å²) in [4.78, 5) is 14.5. The van der Waals surface area contributed by atoms with Crippen molar-refractivity contribution in [2.24, 2.45) is 0 Å². The summed E-state index contributed by atoms with van der Waals surface area (Å²) in [5.41, 5.74) is 3.82. The highest BCUT2D eigenvalue weighted by Gasteiger charge is 2.50. The van der Waals surface area contributed by atoms with Crippen LogP contribution in [-0.4, -0.2) is 33.2 Å². The van der Waals surface area contributed by atoms with Gasteiger partial charge in [0.05, 0.1) is 23.0 Å². The van der Waals surface area contributed by atoms with E-state index in [9.17, 15) is 20.2 Å². The molecule has 2 saturated carbocycles. The van der Waals surface area contributed by atoms with Gasteiger partial charge >= 0.3 is 0 Å². The minimum Gasteiger partial charge on any atom is -0.489 e. The number of allylic oxidation sites excluding steroid dienone is 1. The predicted octanol–water partition coefficient (Wildman–Crippen LogP) is 5.43. The van der Waals surface area contributed by atoms with Crippen molar-refractivity contribution in [3.63, 3.8) is 0 Å². The summed E-state index contributed by atoms with van der Waals surface area (Å²) in [5, 5.41) is 31.6. The van der Waals surface area contributed by atoms with Crippen LogP contribution in [0.2, 0.25) is 0 Å². The molecule has 1 aromatic heterocycles. The summed E-state index contributed by atoms with van der Waals surface area (Å²) < 4.78 is 19.4. The quantitative estimate of drug-likeness (QED) is 0.260. The van der Waals surface area contributed by atoms with E-state index in [1.54, 1.807) is 24.3 Å². The lowest BCUT2D eigenvalue weighted by Crippen LogP contribution is -2.47. The molecule has 0 radical (unpaired) electrons. The molecule has 39 heavy (non-hydrogen) atoms. The molecule has 2 aromatic carbocycles. The van der Waals surface area contributed by atoms with Crippen molar-refractivity contribution in [2.45, 2.75) is 87.6 Å². The van der Waals surface area contributed by atoms with Crippen LogP contribution in [0.15, 0.2) is 51.7 Å². The molecule has 1 aliphatic heterocycles. The summed E-state index contributed by atoms with van der Waals surface area (Å²) in [5.74, 6) is 0.779. The van der Waals surface area contributed by atoms with Crippen molar-refractivity contribution < 1.29 is 29.3 Å². The van der Waals surface area contributed by atoms with Crippen molar-refractivity contribution >= 4 is 16.7 Å². The van der Waals surface area contributed by atoms with Crippen LogP contribution in [0.1, 0.15) is 92.3 Å². The van der Waals surface area contributed by atoms with E-state index < -0.39 is 23.7 Å². The molecular weight excluding hydrogens is 498 g/mol. The molecule has 204 valence electrons. The molecule has 3 aliphatic carbocycles. The second-order valence-corrected chi connectivity index (χ2v) is 11.7. The fourth-order valence-electron chi connectivity index (χ4n) is 7.09. The van der Waals surface area contributed by atoms with Gasteiger partial charge in [-0.3, -0.25) is 15.5 Å². The maximum Gasteiger partial charge on any atom is 0.200 e. The maximum absolute atomic E-state index is 14.5. The van der Waals surface area contributed by atoms with Crippen LogP contribution in [0, 0.1) is 0 Å². The number of rotatable bonds is 4. The van der Waals surface area contributed by atoms with E-state index >= 15 is 0 Å². The lowest BCUT2D eigenvalue weighted by molar-refractivity contribution is -0.0725. The standard InChI is InChI=1S/C31H33NO7/c1-31(35)14-4-7-20-24-22(39-30(20)31)15-23-26(29(24)37-18-5-2-3-6-18)27(34)25-19(12-13-21(33)28(25)38-23)16-8-10-17(32-36)11-9-16/h8-13,15,18-21,30,32-33,35-36H,2-7,14H2,1H3/t19-,20-,21-,30-,31-/m0/s1. The van der Waals surface area contributed by atoms with Gasteiger partial charge in [0, 0.05) is 23.5 Å². The van der Waals surface area contributed by atoms with Crippen LogP contribution in [-0.2, 0) is 0 Å². The summed E-state index contributed by atoms with van der Waals surface area (Å²) in [6.45, 7) is 1.82.